The van der Waals surface area contributed by atoms with Crippen molar-refractivity contribution in [3.63, 3.8) is 0 Å². The lowest BCUT2D eigenvalue weighted by Gasteiger charge is -2.06. The molecule has 2 rings (SSSR count). The molecule has 98 valence electrons. The van der Waals surface area contributed by atoms with Crippen LogP contribution in [0.1, 0.15) is 15.9 Å². The highest BCUT2D eigenvalue weighted by Crippen LogP contribution is 2.26. The lowest BCUT2D eigenvalue weighted by atomic mass is 10.0. The number of hydrogen-bond donors (Lipinski definition) is 0. The summed E-state index contributed by atoms with van der Waals surface area (Å²) in [5.74, 6) is -2.77. The molecule has 0 fully saturated rings. The molecule has 0 saturated carbocycles. The molecule has 2 aromatic rings. The fourth-order valence-corrected chi connectivity index (χ4v) is 2.63. The zero-order chi connectivity index (χ0) is 14.2. The molecule has 0 bridgehead atoms. The van der Waals surface area contributed by atoms with Crippen molar-refractivity contribution >= 4 is 44.9 Å². The molecule has 0 heterocycles. The standard InChI is InChI=1S/C13H5BrCl2F2O/c14-7-1-6(2-8(15)3-7)13(19)9-4-11(17)12(18)5-10(9)16/h1-5H. The van der Waals surface area contributed by atoms with Gasteiger partial charge in [-0.25, -0.2) is 8.78 Å². The van der Waals surface area contributed by atoms with Gasteiger partial charge in [-0.3, -0.25) is 4.79 Å². The van der Waals surface area contributed by atoms with Gasteiger partial charge >= 0.3 is 0 Å². The van der Waals surface area contributed by atoms with Gasteiger partial charge in [0.2, 0.25) is 0 Å². The normalized spacial score (nSPS) is 10.6. The van der Waals surface area contributed by atoms with Crippen molar-refractivity contribution in [2.75, 3.05) is 0 Å². The molecule has 6 heteroatoms. The van der Waals surface area contributed by atoms with Gasteiger partial charge in [0, 0.05) is 20.6 Å². The maximum atomic E-state index is 13.2. The van der Waals surface area contributed by atoms with Crippen molar-refractivity contribution in [2.45, 2.75) is 0 Å². The molecule has 19 heavy (non-hydrogen) atoms. The van der Waals surface area contributed by atoms with Crippen LogP contribution in [0.15, 0.2) is 34.8 Å². The Morgan fingerprint density at radius 1 is 1.00 bits per heavy atom. The molecule has 0 aliphatic rings. The van der Waals surface area contributed by atoms with Crippen molar-refractivity contribution < 1.29 is 13.6 Å². The molecule has 0 saturated heterocycles. The molecule has 0 spiro atoms. The van der Waals surface area contributed by atoms with Crippen molar-refractivity contribution in [3.8, 4) is 0 Å². The molecule has 2 aromatic carbocycles. The minimum Gasteiger partial charge on any atom is -0.289 e. The Bertz CT molecular complexity index is 654. The van der Waals surface area contributed by atoms with Crippen LogP contribution in [0.2, 0.25) is 10.0 Å². The van der Waals surface area contributed by atoms with Crippen LogP contribution in [0.4, 0.5) is 8.78 Å². The number of halogens is 5. The van der Waals surface area contributed by atoms with E-state index in [9.17, 15) is 13.6 Å². The highest BCUT2D eigenvalue weighted by Gasteiger charge is 2.17. The third-order valence-electron chi connectivity index (χ3n) is 2.38. The number of carbonyl (C=O) groups is 1. The third-order valence-corrected chi connectivity index (χ3v) is 3.37. The van der Waals surface area contributed by atoms with E-state index in [-0.39, 0.29) is 16.1 Å². The Labute approximate surface area is 126 Å². The molecular formula is C13H5BrCl2F2O. The van der Waals surface area contributed by atoms with Crippen molar-refractivity contribution in [3.05, 3.63) is 67.6 Å². The third kappa shape index (κ3) is 3.14. The molecule has 1 nitrogen and oxygen atoms in total. The van der Waals surface area contributed by atoms with E-state index < -0.39 is 17.4 Å². The van der Waals surface area contributed by atoms with Gasteiger partial charge in [-0.05, 0) is 30.3 Å². The molecule has 0 atom stereocenters. The van der Waals surface area contributed by atoms with Crippen molar-refractivity contribution in [1.29, 1.82) is 0 Å². The molecule has 0 unspecified atom stereocenters. The van der Waals surface area contributed by atoms with Crippen LogP contribution in [0.3, 0.4) is 0 Å². The smallest absolute Gasteiger partial charge is 0.194 e. The zero-order valence-corrected chi connectivity index (χ0v) is 12.3. The summed E-state index contributed by atoms with van der Waals surface area (Å²) in [5.41, 5.74) is 0.113. The predicted octanol–water partition coefficient (Wildman–Crippen LogP) is 5.27. The van der Waals surface area contributed by atoms with Crippen LogP contribution in [-0.2, 0) is 0 Å². The zero-order valence-electron chi connectivity index (χ0n) is 9.18. The van der Waals surface area contributed by atoms with E-state index >= 15 is 0 Å². The van der Waals surface area contributed by atoms with E-state index in [4.69, 9.17) is 23.2 Å². The molecule has 0 N–H and O–H groups in total. The quantitative estimate of drug-likeness (QED) is 0.523. The van der Waals surface area contributed by atoms with Gasteiger partial charge in [0.05, 0.1) is 5.02 Å². The Morgan fingerprint density at radius 2 is 1.63 bits per heavy atom. The lowest BCUT2D eigenvalue weighted by Crippen LogP contribution is -2.04. The van der Waals surface area contributed by atoms with E-state index in [1.165, 1.54) is 12.1 Å². The first-order valence-corrected chi connectivity index (χ1v) is 6.58. The Morgan fingerprint density at radius 3 is 2.26 bits per heavy atom. The molecule has 0 aliphatic heterocycles. The Kier molecular flexibility index (Phi) is 4.23. The molecule has 0 aliphatic carbocycles. The van der Waals surface area contributed by atoms with Crippen LogP contribution in [-0.4, -0.2) is 5.78 Å². The van der Waals surface area contributed by atoms with Crippen LogP contribution < -0.4 is 0 Å². The largest absolute Gasteiger partial charge is 0.289 e. The number of carbonyl (C=O) groups excluding carboxylic acids is 1. The average Bonchev–Trinajstić information content (AvgIpc) is 2.31. The maximum Gasteiger partial charge on any atom is 0.194 e. The number of benzene rings is 2. The van der Waals surface area contributed by atoms with E-state index in [2.05, 4.69) is 15.9 Å². The second-order valence-corrected chi connectivity index (χ2v) is 5.49. The van der Waals surface area contributed by atoms with Crippen LogP contribution in [0, 0.1) is 11.6 Å². The fourth-order valence-electron chi connectivity index (χ4n) is 1.54. The van der Waals surface area contributed by atoms with Gasteiger partial charge < -0.3 is 0 Å². The van der Waals surface area contributed by atoms with Crippen LogP contribution in [0.25, 0.3) is 0 Å². The van der Waals surface area contributed by atoms with Gasteiger partial charge in [0.25, 0.3) is 0 Å². The fraction of sp³-hybridized carbons (Fsp3) is 0. The Balaban J connectivity index is 2.53. The van der Waals surface area contributed by atoms with E-state index in [0.717, 1.165) is 12.1 Å². The first kappa shape index (κ1) is 14.4. The maximum absolute atomic E-state index is 13.2. The highest BCUT2D eigenvalue weighted by atomic mass is 79.9. The van der Waals surface area contributed by atoms with Gasteiger partial charge in [0.1, 0.15) is 0 Å². The highest BCUT2D eigenvalue weighted by molar-refractivity contribution is 9.10. The summed E-state index contributed by atoms with van der Waals surface area (Å²) in [6.07, 6.45) is 0. The summed E-state index contributed by atoms with van der Waals surface area (Å²) < 4.78 is 26.7. The van der Waals surface area contributed by atoms with E-state index in [0.29, 0.717) is 9.50 Å². The van der Waals surface area contributed by atoms with Crippen molar-refractivity contribution in [1.82, 2.24) is 0 Å². The summed E-state index contributed by atoms with van der Waals surface area (Å²) >= 11 is 14.8. The topological polar surface area (TPSA) is 17.1 Å². The average molecular weight is 366 g/mol. The van der Waals surface area contributed by atoms with E-state index in [1.807, 2.05) is 0 Å². The monoisotopic (exact) mass is 364 g/mol. The number of rotatable bonds is 2. The summed E-state index contributed by atoms with van der Waals surface area (Å²) in [6.45, 7) is 0. The summed E-state index contributed by atoms with van der Waals surface area (Å²) in [5, 5.41) is 0.191. The number of ketones is 1. The first-order valence-electron chi connectivity index (χ1n) is 5.04. The first-order chi connectivity index (χ1) is 8.88. The lowest BCUT2D eigenvalue weighted by molar-refractivity contribution is 0.103. The number of hydrogen-bond acceptors (Lipinski definition) is 1. The molecule has 0 amide bonds. The van der Waals surface area contributed by atoms with Crippen LogP contribution in [0.5, 0.6) is 0 Å². The van der Waals surface area contributed by atoms with Gasteiger partial charge in [-0.15, -0.1) is 0 Å². The van der Waals surface area contributed by atoms with Gasteiger partial charge in [0.15, 0.2) is 17.4 Å². The molecule has 0 aromatic heterocycles. The second kappa shape index (κ2) is 5.57. The predicted molar refractivity (Wildman–Crippen MR) is 74.0 cm³/mol. The minimum absolute atomic E-state index is 0.116. The van der Waals surface area contributed by atoms with E-state index in [1.54, 1.807) is 6.07 Å². The van der Waals surface area contributed by atoms with Gasteiger partial charge in [-0.1, -0.05) is 39.1 Å². The summed E-state index contributed by atoms with van der Waals surface area (Å²) in [7, 11) is 0. The second-order valence-electron chi connectivity index (χ2n) is 3.73. The molecule has 0 radical (unpaired) electrons. The Hall–Kier alpha value is -0.970. The van der Waals surface area contributed by atoms with Gasteiger partial charge in [-0.2, -0.15) is 0 Å². The summed E-state index contributed by atoms with van der Waals surface area (Å²) in [4.78, 5) is 12.2. The SMILES string of the molecule is O=C(c1cc(Cl)cc(Br)c1)c1cc(F)c(F)cc1Cl. The van der Waals surface area contributed by atoms with Crippen LogP contribution >= 0.6 is 39.1 Å². The minimum atomic E-state index is -1.13. The van der Waals surface area contributed by atoms with Crippen molar-refractivity contribution in [2.24, 2.45) is 0 Å². The summed E-state index contributed by atoms with van der Waals surface area (Å²) in [6, 6.07) is 6.09. The molecular weight excluding hydrogens is 361 g/mol.